The highest BCUT2D eigenvalue weighted by molar-refractivity contribution is 6.31. The molecule has 1 aliphatic rings. The second-order valence-corrected chi connectivity index (χ2v) is 7.81. The SMILES string of the molecule is Clc1ccc2c(c1)N(c1ncnc3ccc(-c4ccc(-c5ncn[nH]5)nc4)cc13)CC2. The zero-order chi connectivity index (χ0) is 20.8. The van der Waals surface area contributed by atoms with Crippen LogP contribution in [0.5, 0.6) is 0 Å². The van der Waals surface area contributed by atoms with Crippen LogP contribution in [-0.2, 0) is 6.42 Å². The zero-order valence-corrected chi connectivity index (χ0v) is 17.1. The van der Waals surface area contributed by atoms with Crippen molar-refractivity contribution < 1.29 is 0 Å². The molecule has 4 heterocycles. The molecule has 7 nitrogen and oxygen atoms in total. The van der Waals surface area contributed by atoms with Crippen LogP contribution in [0.25, 0.3) is 33.5 Å². The molecule has 0 amide bonds. The van der Waals surface area contributed by atoms with Crippen molar-refractivity contribution >= 4 is 34.0 Å². The van der Waals surface area contributed by atoms with E-state index in [1.165, 1.54) is 11.9 Å². The first-order valence-corrected chi connectivity index (χ1v) is 10.3. The molecule has 0 atom stereocenters. The molecule has 1 N–H and O–H groups in total. The van der Waals surface area contributed by atoms with Gasteiger partial charge >= 0.3 is 0 Å². The van der Waals surface area contributed by atoms with E-state index in [1.54, 1.807) is 6.33 Å². The topological polar surface area (TPSA) is 83.5 Å². The Labute approximate surface area is 182 Å². The average molecular weight is 426 g/mol. The van der Waals surface area contributed by atoms with Crippen molar-refractivity contribution in [2.24, 2.45) is 0 Å². The summed E-state index contributed by atoms with van der Waals surface area (Å²) in [6, 6.07) is 16.2. The number of halogens is 1. The third-order valence-electron chi connectivity index (χ3n) is 5.57. The van der Waals surface area contributed by atoms with E-state index in [-0.39, 0.29) is 0 Å². The lowest BCUT2D eigenvalue weighted by Gasteiger charge is -2.20. The van der Waals surface area contributed by atoms with Crippen LogP contribution in [0.2, 0.25) is 5.02 Å². The molecular weight excluding hydrogens is 410 g/mol. The van der Waals surface area contributed by atoms with Crippen molar-refractivity contribution in [2.45, 2.75) is 6.42 Å². The molecule has 8 heteroatoms. The Balaban J connectivity index is 1.43. The summed E-state index contributed by atoms with van der Waals surface area (Å²) in [5.74, 6) is 1.53. The number of nitrogens with one attached hydrogen (secondary N) is 1. The van der Waals surface area contributed by atoms with Crippen molar-refractivity contribution in [3.05, 3.63) is 78.0 Å². The second-order valence-electron chi connectivity index (χ2n) is 7.37. The van der Waals surface area contributed by atoms with Crippen LogP contribution in [0, 0.1) is 0 Å². The van der Waals surface area contributed by atoms with Crippen LogP contribution in [0.1, 0.15) is 5.56 Å². The maximum atomic E-state index is 6.27. The van der Waals surface area contributed by atoms with Crippen LogP contribution < -0.4 is 4.90 Å². The fraction of sp³-hybridized carbons (Fsp3) is 0.0870. The second kappa shape index (κ2) is 7.14. The lowest BCUT2D eigenvalue weighted by Crippen LogP contribution is -2.15. The van der Waals surface area contributed by atoms with Gasteiger partial charge in [0.1, 0.15) is 24.2 Å². The Kier molecular flexibility index (Phi) is 4.14. The molecule has 150 valence electrons. The monoisotopic (exact) mass is 425 g/mol. The highest BCUT2D eigenvalue weighted by atomic mass is 35.5. The van der Waals surface area contributed by atoms with Gasteiger partial charge in [-0.15, -0.1) is 0 Å². The van der Waals surface area contributed by atoms with Gasteiger partial charge in [-0.25, -0.2) is 15.0 Å². The molecule has 0 fully saturated rings. The maximum Gasteiger partial charge on any atom is 0.174 e. The third kappa shape index (κ3) is 3.10. The predicted octanol–water partition coefficient (Wildman–Crippen LogP) is 4.82. The summed E-state index contributed by atoms with van der Waals surface area (Å²) in [6.45, 7) is 0.861. The van der Waals surface area contributed by atoms with Crippen molar-refractivity contribution in [3.63, 3.8) is 0 Å². The molecular formula is C23H16ClN7. The molecule has 0 bridgehead atoms. The number of hydrogen-bond acceptors (Lipinski definition) is 6. The fourth-order valence-electron chi connectivity index (χ4n) is 4.04. The first-order valence-electron chi connectivity index (χ1n) is 9.89. The van der Waals surface area contributed by atoms with Gasteiger partial charge in [0.15, 0.2) is 5.82 Å². The van der Waals surface area contributed by atoms with E-state index in [4.69, 9.17) is 11.6 Å². The number of aromatic amines is 1. The molecule has 1 aliphatic heterocycles. The van der Waals surface area contributed by atoms with E-state index in [0.717, 1.165) is 57.2 Å². The van der Waals surface area contributed by atoms with Crippen LogP contribution in [0.15, 0.2) is 67.4 Å². The van der Waals surface area contributed by atoms with Crippen molar-refractivity contribution in [1.29, 1.82) is 0 Å². The summed E-state index contributed by atoms with van der Waals surface area (Å²) >= 11 is 6.27. The van der Waals surface area contributed by atoms with Gasteiger partial charge in [-0.1, -0.05) is 29.8 Å². The van der Waals surface area contributed by atoms with E-state index in [9.17, 15) is 0 Å². The van der Waals surface area contributed by atoms with Gasteiger partial charge in [0, 0.05) is 34.4 Å². The molecule has 2 aromatic carbocycles. The first kappa shape index (κ1) is 18.0. The Hall–Kier alpha value is -3.84. The Morgan fingerprint density at radius 2 is 1.81 bits per heavy atom. The van der Waals surface area contributed by atoms with Crippen molar-refractivity contribution in [1.82, 2.24) is 30.1 Å². The van der Waals surface area contributed by atoms with Crippen LogP contribution in [-0.4, -0.2) is 36.7 Å². The molecule has 5 aromatic rings. The quantitative estimate of drug-likeness (QED) is 0.446. The molecule has 0 aliphatic carbocycles. The number of benzene rings is 2. The van der Waals surface area contributed by atoms with E-state index in [1.807, 2.05) is 36.5 Å². The van der Waals surface area contributed by atoms with Crippen LogP contribution in [0.4, 0.5) is 11.5 Å². The number of rotatable bonds is 3. The minimum atomic E-state index is 0.645. The summed E-state index contributed by atoms with van der Waals surface area (Å²) in [7, 11) is 0. The van der Waals surface area contributed by atoms with Gasteiger partial charge in [-0.05, 0) is 47.9 Å². The molecule has 0 radical (unpaired) electrons. The van der Waals surface area contributed by atoms with Crippen molar-refractivity contribution in [2.75, 3.05) is 11.4 Å². The Morgan fingerprint density at radius 3 is 2.65 bits per heavy atom. The molecule has 3 aromatic heterocycles. The van der Waals surface area contributed by atoms with E-state index in [0.29, 0.717) is 5.82 Å². The van der Waals surface area contributed by atoms with Gasteiger partial charge < -0.3 is 4.90 Å². The minimum absolute atomic E-state index is 0.645. The van der Waals surface area contributed by atoms with E-state index in [2.05, 4.69) is 53.2 Å². The summed E-state index contributed by atoms with van der Waals surface area (Å²) in [4.78, 5) is 20.0. The first-order chi connectivity index (χ1) is 15.3. The van der Waals surface area contributed by atoms with Gasteiger partial charge in [-0.2, -0.15) is 5.10 Å². The summed E-state index contributed by atoms with van der Waals surface area (Å²) < 4.78 is 0. The largest absolute Gasteiger partial charge is 0.325 e. The summed E-state index contributed by atoms with van der Waals surface area (Å²) in [6.07, 6.45) is 5.89. The highest BCUT2D eigenvalue weighted by Crippen LogP contribution is 2.38. The van der Waals surface area contributed by atoms with Gasteiger partial charge in [0.25, 0.3) is 0 Å². The summed E-state index contributed by atoms with van der Waals surface area (Å²) in [5, 5.41) is 8.43. The lowest BCUT2D eigenvalue weighted by molar-refractivity contribution is 0.975. The molecule has 0 unspecified atom stereocenters. The Bertz CT molecular complexity index is 1400. The van der Waals surface area contributed by atoms with Gasteiger partial charge in [0.2, 0.25) is 0 Å². The number of nitrogens with zero attached hydrogens (tertiary/aromatic N) is 6. The average Bonchev–Trinajstić information content (AvgIpc) is 3.49. The van der Waals surface area contributed by atoms with E-state index < -0.39 is 0 Å². The predicted molar refractivity (Wildman–Crippen MR) is 120 cm³/mol. The molecule has 6 rings (SSSR count). The van der Waals surface area contributed by atoms with Gasteiger partial charge in [0.05, 0.1) is 5.52 Å². The third-order valence-corrected chi connectivity index (χ3v) is 5.80. The van der Waals surface area contributed by atoms with E-state index >= 15 is 0 Å². The van der Waals surface area contributed by atoms with Crippen LogP contribution in [0.3, 0.4) is 0 Å². The molecule has 0 saturated carbocycles. The molecule has 31 heavy (non-hydrogen) atoms. The number of fused-ring (bicyclic) bond motifs is 2. The van der Waals surface area contributed by atoms with Crippen LogP contribution >= 0.6 is 11.6 Å². The van der Waals surface area contributed by atoms with Gasteiger partial charge in [-0.3, -0.25) is 10.1 Å². The zero-order valence-electron chi connectivity index (χ0n) is 16.3. The number of H-pyrrole nitrogens is 1. The highest BCUT2D eigenvalue weighted by Gasteiger charge is 2.23. The number of pyridine rings is 1. The number of aromatic nitrogens is 6. The normalized spacial score (nSPS) is 13.0. The lowest BCUT2D eigenvalue weighted by atomic mass is 10.0. The standard InChI is InChI=1S/C23H16ClN7/c24-17-4-1-14-7-8-31(21(14)10-17)23-18-9-15(2-5-19(18)26-12-28-23)16-3-6-20(25-11-16)22-27-13-29-30-22/h1-6,9-13H,7-8H2,(H,27,29,30). The number of hydrogen-bond donors (Lipinski definition) is 1. The Morgan fingerprint density at radius 1 is 0.871 bits per heavy atom. The smallest absolute Gasteiger partial charge is 0.174 e. The molecule has 0 saturated heterocycles. The summed E-state index contributed by atoms with van der Waals surface area (Å²) in [5.41, 5.74) is 6.08. The van der Waals surface area contributed by atoms with Crippen molar-refractivity contribution in [3.8, 4) is 22.6 Å². The minimum Gasteiger partial charge on any atom is -0.325 e. The molecule has 0 spiro atoms. The number of anilines is 2. The maximum absolute atomic E-state index is 6.27. The fourth-order valence-corrected chi connectivity index (χ4v) is 4.21.